The largest absolute Gasteiger partial charge is 0.305 e. The standard InChI is InChI=1S/C20H20BrN3OS/c1-14-5-3-6-16(13-14)19-22-23-20(24(19)2)26-12-4-7-18(25)15-8-10-17(21)11-9-15/h3,5-6,8-11,13H,4,7,12H2,1-2H3. The molecular weight excluding hydrogens is 410 g/mol. The van der Waals surface area contributed by atoms with Crippen molar-refractivity contribution in [2.75, 3.05) is 5.75 Å². The molecule has 0 saturated heterocycles. The monoisotopic (exact) mass is 429 g/mol. The topological polar surface area (TPSA) is 47.8 Å². The van der Waals surface area contributed by atoms with Crippen LogP contribution in [0.25, 0.3) is 11.4 Å². The first-order valence-electron chi connectivity index (χ1n) is 8.42. The summed E-state index contributed by atoms with van der Waals surface area (Å²) in [6.07, 6.45) is 1.35. The van der Waals surface area contributed by atoms with Gasteiger partial charge < -0.3 is 4.57 Å². The van der Waals surface area contributed by atoms with Crippen LogP contribution in [-0.2, 0) is 7.05 Å². The van der Waals surface area contributed by atoms with Crippen molar-refractivity contribution in [1.82, 2.24) is 14.8 Å². The fourth-order valence-corrected chi connectivity index (χ4v) is 3.77. The Kier molecular flexibility index (Phi) is 6.27. The smallest absolute Gasteiger partial charge is 0.191 e. The van der Waals surface area contributed by atoms with E-state index < -0.39 is 0 Å². The lowest BCUT2D eigenvalue weighted by molar-refractivity contribution is 0.0982. The SMILES string of the molecule is Cc1cccc(-c2nnc(SCCCC(=O)c3ccc(Br)cc3)n2C)c1. The zero-order valence-corrected chi connectivity index (χ0v) is 17.2. The second-order valence-corrected chi connectivity index (χ2v) is 8.09. The number of hydrogen-bond donors (Lipinski definition) is 0. The van der Waals surface area contributed by atoms with Crippen LogP contribution in [0.1, 0.15) is 28.8 Å². The van der Waals surface area contributed by atoms with Crippen LogP contribution in [0.3, 0.4) is 0 Å². The number of Topliss-reactive ketones (excluding diaryl/α,β-unsaturated/α-hetero) is 1. The molecule has 6 heteroatoms. The maximum atomic E-state index is 12.2. The van der Waals surface area contributed by atoms with Gasteiger partial charge in [0.1, 0.15) is 0 Å². The molecule has 0 atom stereocenters. The van der Waals surface area contributed by atoms with Crippen molar-refractivity contribution in [3.05, 3.63) is 64.1 Å². The van der Waals surface area contributed by atoms with Gasteiger partial charge in [-0.3, -0.25) is 4.79 Å². The Hall–Kier alpha value is -1.92. The van der Waals surface area contributed by atoms with Gasteiger partial charge in [0.05, 0.1) is 0 Å². The van der Waals surface area contributed by atoms with Gasteiger partial charge in [-0.2, -0.15) is 0 Å². The van der Waals surface area contributed by atoms with Crippen molar-refractivity contribution >= 4 is 33.5 Å². The van der Waals surface area contributed by atoms with Gasteiger partial charge in [-0.15, -0.1) is 10.2 Å². The normalized spacial score (nSPS) is 10.9. The zero-order valence-electron chi connectivity index (χ0n) is 14.8. The molecule has 0 bridgehead atoms. The van der Waals surface area contributed by atoms with E-state index in [-0.39, 0.29) is 5.78 Å². The maximum absolute atomic E-state index is 12.2. The van der Waals surface area contributed by atoms with E-state index in [1.807, 2.05) is 48.0 Å². The fraction of sp³-hybridized carbons (Fsp3) is 0.250. The van der Waals surface area contributed by atoms with Crippen molar-refractivity contribution in [1.29, 1.82) is 0 Å². The van der Waals surface area contributed by atoms with Gasteiger partial charge in [0, 0.05) is 34.8 Å². The summed E-state index contributed by atoms with van der Waals surface area (Å²) in [6.45, 7) is 2.07. The van der Waals surface area contributed by atoms with Gasteiger partial charge in [-0.25, -0.2) is 0 Å². The van der Waals surface area contributed by atoms with Crippen LogP contribution in [0.15, 0.2) is 58.2 Å². The molecule has 3 aromatic rings. The van der Waals surface area contributed by atoms with Crippen LogP contribution in [0.5, 0.6) is 0 Å². The highest BCUT2D eigenvalue weighted by molar-refractivity contribution is 9.10. The van der Waals surface area contributed by atoms with Crippen LogP contribution in [0, 0.1) is 6.92 Å². The minimum atomic E-state index is 0.177. The summed E-state index contributed by atoms with van der Waals surface area (Å²) >= 11 is 5.02. The van der Waals surface area contributed by atoms with E-state index in [0.717, 1.165) is 38.8 Å². The second-order valence-electron chi connectivity index (χ2n) is 6.12. The number of rotatable bonds is 7. The molecule has 4 nitrogen and oxygen atoms in total. The molecule has 1 aromatic heterocycles. The molecule has 1 heterocycles. The number of hydrogen-bond acceptors (Lipinski definition) is 4. The van der Waals surface area contributed by atoms with Crippen molar-refractivity contribution < 1.29 is 4.79 Å². The number of carbonyl (C=O) groups excluding carboxylic acids is 1. The highest BCUT2D eigenvalue weighted by Crippen LogP contribution is 2.24. The van der Waals surface area contributed by atoms with Gasteiger partial charge in [0.25, 0.3) is 0 Å². The predicted molar refractivity (Wildman–Crippen MR) is 110 cm³/mol. The van der Waals surface area contributed by atoms with Gasteiger partial charge in [-0.1, -0.05) is 63.6 Å². The first-order valence-corrected chi connectivity index (χ1v) is 10.2. The van der Waals surface area contributed by atoms with Crippen LogP contribution < -0.4 is 0 Å². The lowest BCUT2D eigenvalue weighted by atomic mass is 10.1. The molecule has 26 heavy (non-hydrogen) atoms. The summed E-state index contributed by atoms with van der Waals surface area (Å²) in [5.41, 5.74) is 3.03. The quantitative estimate of drug-likeness (QED) is 0.290. The van der Waals surface area contributed by atoms with E-state index in [4.69, 9.17) is 0 Å². The number of aryl methyl sites for hydroxylation is 1. The van der Waals surface area contributed by atoms with E-state index in [0.29, 0.717) is 6.42 Å². The van der Waals surface area contributed by atoms with Gasteiger partial charge in [0.15, 0.2) is 16.8 Å². The Balaban J connectivity index is 1.54. The zero-order chi connectivity index (χ0) is 18.5. The molecule has 3 rings (SSSR count). The van der Waals surface area contributed by atoms with E-state index in [2.05, 4.69) is 45.2 Å². The summed E-state index contributed by atoms with van der Waals surface area (Å²) in [7, 11) is 1.98. The number of aromatic nitrogens is 3. The fourth-order valence-electron chi connectivity index (χ4n) is 2.65. The first kappa shape index (κ1) is 18.9. The molecule has 0 fully saturated rings. The molecule has 0 aliphatic rings. The number of thioether (sulfide) groups is 1. The van der Waals surface area contributed by atoms with E-state index in [9.17, 15) is 4.79 Å². The molecule has 2 aromatic carbocycles. The minimum Gasteiger partial charge on any atom is -0.305 e. The van der Waals surface area contributed by atoms with E-state index in [1.165, 1.54) is 5.56 Å². The number of ketones is 1. The molecule has 0 aliphatic heterocycles. The molecule has 0 unspecified atom stereocenters. The van der Waals surface area contributed by atoms with Crippen molar-refractivity contribution in [3.8, 4) is 11.4 Å². The lowest BCUT2D eigenvalue weighted by Gasteiger charge is -2.05. The molecule has 0 spiro atoms. The average Bonchev–Trinajstić information content (AvgIpc) is 3.00. The number of carbonyl (C=O) groups is 1. The Bertz CT molecular complexity index is 906. The minimum absolute atomic E-state index is 0.177. The summed E-state index contributed by atoms with van der Waals surface area (Å²) in [6, 6.07) is 15.8. The van der Waals surface area contributed by atoms with Crippen molar-refractivity contribution in [2.45, 2.75) is 24.9 Å². The lowest BCUT2D eigenvalue weighted by Crippen LogP contribution is -2.00. The Morgan fingerprint density at radius 1 is 1.15 bits per heavy atom. The van der Waals surface area contributed by atoms with E-state index in [1.54, 1.807) is 11.8 Å². The summed E-state index contributed by atoms with van der Waals surface area (Å²) in [5, 5.41) is 9.48. The molecule has 134 valence electrons. The number of nitrogens with zero attached hydrogens (tertiary/aromatic N) is 3. The molecule has 0 aliphatic carbocycles. The summed E-state index contributed by atoms with van der Waals surface area (Å²) < 4.78 is 2.99. The van der Waals surface area contributed by atoms with Crippen LogP contribution >= 0.6 is 27.7 Å². The third-order valence-electron chi connectivity index (χ3n) is 4.06. The molecular formula is C20H20BrN3OS. The first-order chi connectivity index (χ1) is 12.5. The second kappa shape index (κ2) is 8.64. The maximum Gasteiger partial charge on any atom is 0.191 e. The number of benzene rings is 2. The van der Waals surface area contributed by atoms with Crippen LogP contribution in [0.2, 0.25) is 0 Å². The molecule has 0 saturated carbocycles. The Labute approximate surface area is 166 Å². The van der Waals surface area contributed by atoms with Gasteiger partial charge in [-0.05, 0) is 31.5 Å². The Morgan fingerprint density at radius 2 is 1.92 bits per heavy atom. The van der Waals surface area contributed by atoms with Crippen LogP contribution in [0.4, 0.5) is 0 Å². The Morgan fingerprint density at radius 3 is 2.65 bits per heavy atom. The molecule has 0 N–H and O–H groups in total. The molecule has 0 amide bonds. The third kappa shape index (κ3) is 4.62. The highest BCUT2D eigenvalue weighted by atomic mass is 79.9. The molecule has 0 radical (unpaired) electrons. The third-order valence-corrected chi connectivity index (χ3v) is 5.69. The van der Waals surface area contributed by atoms with Crippen molar-refractivity contribution in [2.24, 2.45) is 7.05 Å². The van der Waals surface area contributed by atoms with E-state index >= 15 is 0 Å². The summed E-state index contributed by atoms with van der Waals surface area (Å²) in [4.78, 5) is 12.2. The predicted octanol–water partition coefficient (Wildman–Crippen LogP) is 5.31. The van der Waals surface area contributed by atoms with Gasteiger partial charge >= 0.3 is 0 Å². The van der Waals surface area contributed by atoms with Crippen molar-refractivity contribution in [3.63, 3.8) is 0 Å². The average molecular weight is 430 g/mol. The van der Waals surface area contributed by atoms with Crippen LogP contribution in [-0.4, -0.2) is 26.3 Å². The summed E-state index contributed by atoms with van der Waals surface area (Å²) in [5.74, 6) is 1.88. The number of halogens is 1. The van der Waals surface area contributed by atoms with Gasteiger partial charge in [0.2, 0.25) is 0 Å². The highest BCUT2D eigenvalue weighted by Gasteiger charge is 2.12.